The summed E-state index contributed by atoms with van der Waals surface area (Å²) in [5.74, 6) is 1.58. The molecular weight excluding hydrogens is 286 g/mol. The molecule has 0 unspecified atom stereocenters. The first-order chi connectivity index (χ1) is 9.61. The van der Waals surface area contributed by atoms with Gasteiger partial charge in [0.2, 0.25) is 5.91 Å². The Balaban J connectivity index is 0.00000161. The Morgan fingerprint density at radius 3 is 2.52 bits per heavy atom. The Morgan fingerprint density at radius 2 is 1.90 bits per heavy atom. The van der Waals surface area contributed by atoms with E-state index in [1.54, 1.807) is 0 Å². The van der Waals surface area contributed by atoms with Gasteiger partial charge in [0, 0.05) is 18.8 Å². The normalized spacial score (nSPS) is 24.5. The second kappa shape index (κ2) is 6.77. The summed E-state index contributed by atoms with van der Waals surface area (Å²) in [6, 6.07) is 6.07. The second-order valence-corrected chi connectivity index (χ2v) is 6.22. The van der Waals surface area contributed by atoms with E-state index >= 15 is 0 Å². The molecule has 116 valence electrons. The number of anilines is 1. The van der Waals surface area contributed by atoms with Gasteiger partial charge in [-0.25, -0.2) is 0 Å². The Labute approximate surface area is 132 Å². The monoisotopic (exact) mass is 309 g/mol. The SMILES string of the molecule is Cc1ccc(NC(=O)CN2C[C@H]3CNC[C@H]3C2)cc1C.Cl. The quantitative estimate of drug-likeness (QED) is 0.895. The number of hydrogen-bond donors (Lipinski definition) is 2. The van der Waals surface area contributed by atoms with E-state index in [9.17, 15) is 4.79 Å². The number of nitrogens with one attached hydrogen (secondary N) is 2. The zero-order chi connectivity index (χ0) is 14.1. The Bertz CT molecular complexity index is 508. The van der Waals surface area contributed by atoms with Crippen LogP contribution in [0, 0.1) is 25.7 Å². The molecule has 0 aliphatic carbocycles. The third-order valence-corrected chi connectivity index (χ3v) is 4.62. The van der Waals surface area contributed by atoms with E-state index in [2.05, 4.69) is 35.4 Å². The largest absolute Gasteiger partial charge is 0.325 e. The summed E-state index contributed by atoms with van der Waals surface area (Å²) < 4.78 is 0. The Morgan fingerprint density at radius 1 is 1.24 bits per heavy atom. The molecule has 5 heteroatoms. The van der Waals surface area contributed by atoms with Crippen LogP contribution >= 0.6 is 12.4 Å². The minimum Gasteiger partial charge on any atom is -0.325 e. The fourth-order valence-corrected chi connectivity index (χ4v) is 3.30. The molecule has 2 heterocycles. The maximum absolute atomic E-state index is 12.1. The highest BCUT2D eigenvalue weighted by Crippen LogP contribution is 2.25. The van der Waals surface area contributed by atoms with Crippen LogP contribution in [0.4, 0.5) is 5.69 Å². The molecule has 2 atom stereocenters. The van der Waals surface area contributed by atoms with Crippen molar-refractivity contribution >= 4 is 24.0 Å². The summed E-state index contributed by atoms with van der Waals surface area (Å²) in [5.41, 5.74) is 3.37. The summed E-state index contributed by atoms with van der Waals surface area (Å²) in [6.07, 6.45) is 0. The molecule has 3 rings (SSSR count). The molecule has 0 bridgehead atoms. The Hall–Kier alpha value is -1.10. The van der Waals surface area contributed by atoms with Crippen molar-refractivity contribution < 1.29 is 4.79 Å². The predicted octanol–water partition coefficient (Wildman–Crippen LogP) is 1.81. The molecule has 1 amide bonds. The lowest BCUT2D eigenvalue weighted by Gasteiger charge is -2.16. The van der Waals surface area contributed by atoms with Crippen LogP contribution in [0.3, 0.4) is 0 Å². The van der Waals surface area contributed by atoms with Crippen molar-refractivity contribution in [1.82, 2.24) is 10.2 Å². The van der Waals surface area contributed by atoms with Gasteiger partial charge in [0.1, 0.15) is 0 Å². The van der Waals surface area contributed by atoms with E-state index in [0.717, 1.165) is 43.7 Å². The van der Waals surface area contributed by atoms with Crippen molar-refractivity contribution in [2.24, 2.45) is 11.8 Å². The molecule has 2 N–H and O–H groups in total. The van der Waals surface area contributed by atoms with Gasteiger partial charge in [0.05, 0.1) is 6.54 Å². The van der Waals surface area contributed by atoms with Gasteiger partial charge in [-0.3, -0.25) is 9.69 Å². The van der Waals surface area contributed by atoms with Gasteiger partial charge in [-0.1, -0.05) is 6.07 Å². The Kier molecular flexibility index (Phi) is 5.25. The van der Waals surface area contributed by atoms with Crippen LogP contribution in [0.2, 0.25) is 0 Å². The molecule has 2 fully saturated rings. The number of hydrogen-bond acceptors (Lipinski definition) is 3. The number of likely N-dealkylation sites (tertiary alicyclic amines) is 1. The number of rotatable bonds is 3. The number of halogens is 1. The number of nitrogens with zero attached hydrogens (tertiary/aromatic N) is 1. The van der Waals surface area contributed by atoms with Crippen LogP contribution in [-0.4, -0.2) is 43.5 Å². The van der Waals surface area contributed by atoms with Crippen molar-refractivity contribution in [3.63, 3.8) is 0 Å². The summed E-state index contributed by atoms with van der Waals surface area (Å²) in [6.45, 7) is 8.99. The molecule has 2 aliphatic rings. The third kappa shape index (κ3) is 3.76. The molecule has 21 heavy (non-hydrogen) atoms. The molecular formula is C16H24ClN3O. The van der Waals surface area contributed by atoms with E-state index in [-0.39, 0.29) is 18.3 Å². The van der Waals surface area contributed by atoms with Gasteiger partial charge >= 0.3 is 0 Å². The van der Waals surface area contributed by atoms with Crippen LogP contribution in [0.5, 0.6) is 0 Å². The topological polar surface area (TPSA) is 44.4 Å². The van der Waals surface area contributed by atoms with Gasteiger partial charge in [0.15, 0.2) is 0 Å². The minimum absolute atomic E-state index is 0. The standard InChI is InChI=1S/C16H23N3O.ClH/c1-11-3-4-15(5-12(11)2)18-16(20)10-19-8-13-6-17-7-14(13)9-19;/h3-5,13-14,17H,6-10H2,1-2H3,(H,18,20);1H/t13-,14+;. The number of fused-ring (bicyclic) bond motifs is 1. The zero-order valence-electron chi connectivity index (χ0n) is 12.7. The van der Waals surface area contributed by atoms with Gasteiger partial charge in [-0.2, -0.15) is 0 Å². The van der Waals surface area contributed by atoms with Gasteiger partial charge in [-0.15, -0.1) is 12.4 Å². The lowest BCUT2D eigenvalue weighted by atomic mass is 10.0. The number of amides is 1. The van der Waals surface area contributed by atoms with Crippen molar-refractivity contribution in [2.75, 3.05) is 38.0 Å². The fraction of sp³-hybridized carbons (Fsp3) is 0.562. The number of carbonyl (C=O) groups excluding carboxylic acids is 1. The van der Waals surface area contributed by atoms with E-state index in [4.69, 9.17) is 0 Å². The highest BCUT2D eigenvalue weighted by atomic mass is 35.5. The van der Waals surface area contributed by atoms with E-state index < -0.39 is 0 Å². The van der Waals surface area contributed by atoms with Crippen molar-refractivity contribution in [2.45, 2.75) is 13.8 Å². The molecule has 4 nitrogen and oxygen atoms in total. The molecule has 0 aromatic heterocycles. The van der Waals surface area contributed by atoms with Crippen LogP contribution in [-0.2, 0) is 4.79 Å². The first-order valence-electron chi connectivity index (χ1n) is 7.42. The number of carbonyl (C=O) groups is 1. The van der Waals surface area contributed by atoms with Gasteiger partial charge < -0.3 is 10.6 Å². The first kappa shape index (κ1) is 16.3. The highest BCUT2D eigenvalue weighted by molar-refractivity contribution is 5.92. The average Bonchev–Trinajstić information content (AvgIpc) is 2.94. The second-order valence-electron chi connectivity index (χ2n) is 6.22. The summed E-state index contributed by atoms with van der Waals surface area (Å²) in [5, 5.41) is 6.43. The third-order valence-electron chi connectivity index (χ3n) is 4.62. The summed E-state index contributed by atoms with van der Waals surface area (Å²) >= 11 is 0. The van der Waals surface area contributed by atoms with Crippen molar-refractivity contribution in [3.05, 3.63) is 29.3 Å². The first-order valence-corrected chi connectivity index (χ1v) is 7.42. The maximum atomic E-state index is 12.1. The van der Waals surface area contributed by atoms with Crippen LogP contribution in [0.15, 0.2) is 18.2 Å². The van der Waals surface area contributed by atoms with Crippen LogP contribution in [0.1, 0.15) is 11.1 Å². The van der Waals surface area contributed by atoms with Gasteiger partial charge in [0.25, 0.3) is 0 Å². The number of benzene rings is 1. The molecule has 1 aromatic carbocycles. The fourth-order valence-electron chi connectivity index (χ4n) is 3.30. The average molecular weight is 310 g/mol. The highest BCUT2D eigenvalue weighted by Gasteiger charge is 2.36. The molecule has 2 aliphatic heterocycles. The molecule has 2 saturated heterocycles. The lowest BCUT2D eigenvalue weighted by molar-refractivity contribution is -0.117. The summed E-state index contributed by atoms with van der Waals surface area (Å²) in [7, 11) is 0. The van der Waals surface area contributed by atoms with E-state index in [1.807, 2.05) is 12.1 Å². The molecule has 0 spiro atoms. The van der Waals surface area contributed by atoms with E-state index in [1.165, 1.54) is 11.1 Å². The smallest absolute Gasteiger partial charge is 0.238 e. The molecule has 0 radical (unpaired) electrons. The maximum Gasteiger partial charge on any atom is 0.238 e. The van der Waals surface area contributed by atoms with Crippen LogP contribution < -0.4 is 10.6 Å². The predicted molar refractivity (Wildman–Crippen MR) is 88.1 cm³/mol. The lowest BCUT2D eigenvalue weighted by Crippen LogP contribution is -2.33. The molecule has 0 saturated carbocycles. The van der Waals surface area contributed by atoms with Crippen molar-refractivity contribution in [3.8, 4) is 0 Å². The van der Waals surface area contributed by atoms with Crippen molar-refractivity contribution in [1.29, 1.82) is 0 Å². The summed E-state index contributed by atoms with van der Waals surface area (Å²) in [4.78, 5) is 14.4. The number of aryl methyl sites for hydroxylation is 2. The molecule has 1 aromatic rings. The zero-order valence-corrected chi connectivity index (χ0v) is 13.5. The minimum atomic E-state index is 0. The van der Waals surface area contributed by atoms with Crippen LogP contribution in [0.25, 0.3) is 0 Å². The van der Waals surface area contributed by atoms with E-state index in [0.29, 0.717) is 6.54 Å². The van der Waals surface area contributed by atoms with Gasteiger partial charge in [-0.05, 0) is 62.0 Å².